The summed E-state index contributed by atoms with van der Waals surface area (Å²) in [5, 5.41) is 14.8. The van der Waals surface area contributed by atoms with E-state index < -0.39 is 16.9 Å². The molecule has 1 aliphatic rings. The Kier molecular flexibility index (Phi) is 4.52. The van der Waals surface area contributed by atoms with E-state index in [0.29, 0.717) is 21.6 Å². The van der Waals surface area contributed by atoms with E-state index in [2.05, 4.69) is 10.3 Å². The van der Waals surface area contributed by atoms with E-state index >= 15 is 0 Å². The Morgan fingerprint density at radius 2 is 2.26 bits per heavy atom. The fourth-order valence-corrected chi connectivity index (χ4v) is 3.43. The Labute approximate surface area is 145 Å². The van der Waals surface area contributed by atoms with Gasteiger partial charge in [0.05, 0.1) is 0 Å². The van der Waals surface area contributed by atoms with E-state index in [0.717, 1.165) is 10.4 Å². The van der Waals surface area contributed by atoms with E-state index in [1.54, 1.807) is 24.4 Å². The van der Waals surface area contributed by atoms with Gasteiger partial charge in [0, 0.05) is 38.9 Å². The van der Waals surface area contributed by atoms with Crippen LogP contribution in [-0.4, -0.2) is 21.9 Å². The Balaban J connectivity index is 1.63. The number of carbonyl (C=O) groups excluding carboxylic acids is 1. The zero-order chi connectivity index (χ0) is 16.6. The third-order valence-corrected chi connectivity index (χ3v) is 5.04. The zero-order valence-corrected chi connectivity index (χ0v) is 14.0. The standard InChI is InChI=1S/C14H11Cl2N3O3S/c15-8-1-2-11(16)7(3-8)4-9-6-17-14(23-9)18-13(20)10-5-12(10)19(21)22/h1-3,6,10,12H,4-5H2,(H,17,18,20). The lowest BCUT2D eigenvalue weighted by Gasteiger charge is -2.02. The second kappa shape index (κ2) is 6.43. The molecule has 1 saturated carbocycles. The number of carbonyl (C=O) groups is 1. The smallest absolute Gasteiger partial charge is 0.236 e. The van der Waals surface area contributed by atoms with E-state index in [1.165, 1.54) is 11.3 Å². The summed E-state index contributed by atoms with van der Waals surface area (Å²) in [5.41, 5.74) is 0.872. The Bertz CT molecular complexity index is 780. The summed E-state index contributed by atoms with van der Waals surface area (Å²) in [7, 11) is 0. The first-order valence-corrected chi connectivity index (χ1v) is 8.34. The number of nitrogens with zero attached hydrogens (tertiary/aromatic N) is 2. The number of anilines is 1. The molecule has 1 N–H and O–H groups in total. The average molecular weight is 372 g/mol. The van der Waals surface area contributed by atoms with Crippen molar-refractivity contribution in [2.24, 2.45) is 5.92 Å². The molecule has 9 heteroatoms. The van der Waals surface area contributed by atoms with Gasteiger partial charge in [0.15, 0.2) is 5.13 Å². The molecule has 0 spiro atoms. The number of rotatable bonds is 5. The molecule has 6 nitrogen and oxygen atoms in total. The molecule has 120 valence electrons. The number of halogens is 2. The summed E-state index contributed by atoms with van der Waals surface area (Å²) >= 11 is 13.4. The van der Waals surface area contributed by atoms with Crippen LogP contribution in [0.5, 0.6) is 0 Å². The lowest BCUT2D eigenvalue weighted by Crippen LogP contribution is -2.18. The number of nitro groups is 1. The highest BCUT2D eigenvalue weighted by Crippen LogP contribution is 2.34. The summed E-state index contributed by atoms with van der Waals surface area (Å²) in [6.07, 6.45) is 2.48. The number of aromatic nitrogens is 1. The Morgan fingerprint density at radius 1 is 1.48 bits per heavy atom. The number of hydrogen-bond donors (Lipinski definition) is 1. The van der Waals surface area contributed by atoms with Gasteiger partial charge >= 0.3 is 0 Å². The molecule has 1 amide bonds. The van der Waals surface area contributed by atoms with Crippen LogP contribution in [0.4, 0.5) is 5.13 Å². The molecule has 0 bridgehead atoms. The topological polar surface area (TPSA) is 85.1 Å². The number of benzene rings is 1. The van der Waals surface area contributed by atoms with Crippen molar-refractivity contribution in [3.8, 4) is 0 Å². The van der Waals surface area contributed by atoms with Crippen molar-refractivity contribution in [1.29, 1.82) is 0 Å². The van der Waals surface area contributed by atoms with E-state index in [-0.39, 0.29) is 12.3 Å². The molecule has 0 radical (unpaired) electrons. The van der Waals surface area contributed by atoms with Crippen molar-refractivity contribution >= 4 is 45.6 Å². The average Bonchev–Trinajstić information content (AvgIpc) is 3.19. The quantitative estimate of drug-likeness (QED) is 0.641. The maximum absolute atomic E-state index is 11.9. The largest absolute Gasteiger partial charge is 0.301 e. The molecule has 2 atom stereocenters. The summed E-state index contributed by atoms with van der Waals surface area (Å²) in [4.78, 5) is 27.1. The summed E-state index contributed by atoms with van der Waals surface area (Å²) < 4.78 is 0. The molecule has 0 saturated heterocycles. The van der Waals surface area contributed by atoms with Crippen LogP contribution in [0.15, 0.2) is 24.4 Å². The van der Waals surface area contributed by atoms with Crippen LogP contribution >= 0.6 is 34.5 Å². The van der Waals surface area contributed by atoms with Gasteiger partial charge in [-0.2, -0.15) is 0 Å². The van der Waals surface area contributed by atoms with Crippen molar-refractivity contribution in [3.05, 3.63) is 55.0 Å². The minimum absolute atomic E-state index is 0.287. The second-order valence-corrected chi connectivity index (χ2v) is 7.19. The van der Waals surface area contributed by atoms with Gasteiger partial charge in [-0.15, -0.1) is 11.3 Å². The van der Waals surface area contributed by atoms with Crippen LogP contribution in [0.2, 0.25) is 10.0 Å². The van der Waals surface area contributed by atoms with Crippen molar-refractivity contribution in [1.82, 2.24) is 4.98 Å². The minimum Gasteiger partial charge on any atom is -0.301 e. The molecule has 1 aromatic carbocycles. The predicted molar refractivity (Wildman–Crippen MR) is 88.9 cm³/mol. The molecule has 1 aromatic heterocycles. The Morgan fingerprint density at radius 3 is 2.96 bits per heavy atom. The predicted octanol–water partition coefficient (Wildman–Crippen LogP) is 3.64. The zero-order valence-electron chi connectivity index (χ0n) is 11.7. The van der Waals surface area contributed by atoms with Gasteiger partial charge < -0.3 is 5.32 Å². The summed E-state index contributed by atoms with van der Waals surface area (Å²) in [6.45, 7) is 0. The highest BCUT2D eigenvalue weighted by Gasteiger charge is 2.53. The number of amides is 1. The van der Waals surface area contributed by atoms with Gasteiger partial charge in [0.1, 0.15) is 5.92 Å². The van der Waals surface area contributed by atoms with Gasteiger partial charge in [-0.25, -0.2) is 4.98 Å². The van der Waals surface area contributed by atoms with E-state index in [1.807, 2.05) is 0 Å². The fraction of sp³-hybridized carbons (Fsp3) is 0.286. The van der Waals surface area contributed by atoms with Crippen LogP contribution in [0.3, 0.4) is 0 Å². The van der Waals surface area contributed by atoms with Crippen LogP contribution in [0.25, 0.3) is 0 Å². The normalized spacial score (nSPS) is 19.4. The van der Waals surface area contributed by atoms with Crippen molar-refractivity contribution < 1.29 is 9.72 Å². The first-order chi connectivity index (χ1) is 10.9. The number of nitrogens with one attached hydrogen (secondary N) is 1. The highest BCUT2D eigenvalue weighted by atomic mass is 35.5. The SMILES string of the molecule is O=C(Nc1ncc(Cc2cc(Cl)ccc2Cl)s1)C1CC1[N+](=O)[O-]. The maximum Gasteiger partial charge on any atom is 0.236 e. The highest BCUT2D eigenvalue weighted by molar-refractivity contribution is 7.15. The van der Waals surface area contributed by atoms with Crippen LogP contribution in [0.1, 0.15) is 16.9 Å². The second-order valence-electron chi connectivity index (χ2n) is 5.23. The minimum atomic E-state index is -0.764. The molecule has 1 aliphatic carbocycles. The fourth-order valence-electron chi connectivity index (χ4n) is 2.21. The molecule has 3 rings (SSSR count). The lowest BCUT2D eigenvalue weighted by atomic mass is 10.1. The molecular formula is C14H11Cl2N3O3S. The number of hydrogen-bond acceptors (Lipinski definition) is 5. The third-order valence-electron chi connectivity index (χ3n) is 3.52. The van der Waals surface area contributed by atoms with Gasteiger partial charge in [-0.1, -0.05) is 23.2 Å². The van der Waals surface area contributed by atoms with Gasteiger partial charge in [-0.05, 0) is 23.8 Å². The number of thiazole rings is 1. The lowest BCUT2D eigenvalue weighted by molar-refractivity contribution is -0.497. The Hall–Kier alpha value is -1.70. The van der Waals surface area contributed by atoms with Crippen LogP contribution < -0.4 is 5.32 Å². The molecule has 23 heavy (non-hydrogen) atoms. The first-order valence-electron chi connectivity index (χ1n) is 6.77. The maximum atomic E-state index is 11.9. The third kappa shape index (κ3) is 3.80. The summed E-state index contributed by atoms with van der Waals surface area (Å²) in [5.74, 6) is -0.909. The van der Waals surface area contributed by atoms with Crippen LogP contribution in [-0.2, 0) is 11.2 Å². The first kappa shape index (κ1) is 16.2. The van der Waals surface area contributed by atoms with Gasteiger partial charge in [0.2, 0.25) is 11.9 Å². The van der Waals surface area contributed by atoms with E-state index in [4.69, 9.17) is 23.2 Å². The molecule has 2 unspecified atom stereocenters. The van der Waals surface area contributed by atoms with Crippen molar-refractivity contribution in [2.45, 2.75) is 18.9 Å². The molecule has 1 heterocycles. The van der Waals surface area contributed by atoms with Gasteiger partial charge in [0.25, 0.3) is 0 Å². The van der Waals surface area contributed by atoms with Crippen molar-refractivity contribution in [2.75, 3.05) is 5.32 Å². The van der Waals surface area contributed by atoms with Gasteiger partial charge in [-0.3, -0.25) is 14.9 Å². The molecular weight excluding hydrogens is 361 g/mol. The van der Waals surface area contributed by atoms with Crippen LogP contribution in [0, 0.1) is 16.0 Å². The molecule has 0 aliphatic heterocycles. The molecule has 1 fully saturated rings. The molecule has 2 aromatic rings. The van der Waals surface area contributed by atoms with Crippen molar-refractivity contribution in [3.63, 3.8) is 0 Å². The monoisotopic (exact) mass is 371 g/mol. The van der Waals surface area contributed by atoms with E-state index in [9.17, 15) is 14.9 Å². The summed E-state index contributed by atoms with van der Waals surface area (Å²) in [6, 6.07) is 4.47.